The number of rotatable bonds is 4. The molecule has 0 bridgehead atoms. The second-order valence-electron chi connectivity index (χ2n) is 6.07. The zero-order valence-electron chi connectivity index (χ0n) is 14.3. The molecule has 0 atom stereocenters. The number of anilines is 2. The van der Waals surface area contributed by atoms with Crippen LogP contribution in [0.2, 0.25) is 0 Å². The van der Waals surface area contributed by atoms with Crippen LogP contribution in [0.15, 0.2) is 67.0 Å². The molecule has 1 aromatic heterocycles. The van der Waals surface area contributed by atoms with Gasteiger partial charge in [-0.3, -0.25) is 4.79 Å². The van der Waals surface area contributed by atoms with Gasteiger partial charge in [-0.1, -0.05) is 18.2 Å². The van der Waals surface area contributed by atoms with Crippen LogP contribution in [-0.4, -0.2) is 42.0 Å². The highest BCUT2D eigenvalue weighted by Crippen LogP contribution is 2.22. The Morgan fingerprint density at radius 1 is 1.04 bits per heavy atom. The lowest BCUT2D eigenvalue weighted by Crippen LogP contribution is -2.36. The summed E-state index contributed by atoms with van der Waals surface area (Å²) in [6.07, 6.45) is 3.52. The molecule has 0 saturated carbocycles. The number of aromatic nitrogens is 2. The van der Waals surface area contributed by atoms with E-state index in [0.29, 0.717) is 5.56 Å². The summed E-state index contributed by atoms with van der Waals surface area (Å²) in [6, 6.07) is 17.2. The maximum atomic E-state index is 12.8. The summed E-state index contributed by atoms with van der Waals surface area (Å²) >= 11 is 0. The van der Waals surface area contributed by atoms with Gasteiger partial charge in [0.05, 0.1) is 24.5 Å². The van der Waals surface area contributed by atoms with Crippen LogP contribution in [0.4, 0.5) is 11.4 Å². The van der Waals surface area contributed by atoms with Gasteiger partial charge in [0.1, 0.15) is 0 Å². The summed E-state index contributed by atoms with van der Waals surface area (Å²) in [5.74, 6) is -0.157. The zero-order chi connectivity index (χ0) is 17.8. The van der Waals surface area contributed by atoms with Crippen LogP contribution in [-0.2, 0) is 4.74 Å². The highest BCUT2D eigenvalue weighted by atomic mass is 16.5. The van der Waals surface area contributed by atoms with Gasteiger partial charge >= 0.3 is 0 Å². The molecule has 1 aliphatic heterocycles. The molecule has 6 nitrogen and oxygen atoms in total. The number of morpholine rings is 1. The molecule has 2 heterocycles. The predicted molar refractivity (Wildman–Crippen MR) is 101 cm³/mol. The van der Waals surface area contributed by atoms with Crippen LogP contribution in [0.25, 0.3) is 5.69 Å². The van der Waals surface area contributed by atoms with E-state index in [-0.39, 0.29) is 5.91 Å². The molecule has 1 aliphatic rings. The summed E-state index contributed by atoms with van der Waals surface area (Å²) in [6.45, 7) is 3.18. The van der Waals surface area contributed by atoms with E-state index in [4.69, 9.17) is 4.74 Å². The van der Waals surface area contributed by atoms with E-state index >= 15 is 0 Å². The number of ether oxygens (including phenoxy) is 1. The summed E-state index contributed by atoms with van der Waals surface area (Å²) in [7, 11) is 0. The van der Waals surface area contributed by atoms with Gasteiger partial charge < -0.3 is 15.0 Å². The minimum Gasteiger partial charge on any atom is -0.378 e. The van der Waals surface area contributed by atoms with Gasteiger partial charge in [0.2, 0.25) is 0 Å². The van der Waals surface area contributed by atoms with Gasteiger partial charge in [0.25, 0.3) is 5.91 Å². The largest absolute Gasteiger partial charge is 0.378 e. The fourth-order valence-corrected chi connectivity index (χ4v) is 3.08. The molecule has 3 aromatic rings. The van der Waals surface area contributed by atoms with Gasteiger partial charge in [0.15, 0.2) is 0 Å². The van der Waals surface area contributed by atoms with Crippen LogP contribution in [0, 0.1) is 0 Å². The van der Waals surface area contributed by atoms with Crippen molar-refractivity contribution in [2.45, 2.75) is 0 Å². The first-order chi connectivity index (χ1) is 12.8. The third-order valence-electron chi connectivity index (χ3n) is 4.38. The Morgan fingerprint density at radius 2 is 1.88 bits per heavy atom. The molecule has 1 amide bonds. The third-order valence-corrected chi connectivity index (χ3v) is 4.38. The summed E-state index contributed by atoms with van der Waals surface area (Å²) < 4.78 is 7.10. The van der Waals surface area contributed by atoms with Gasteiger partial charge in [-0.25, -0.2) is 4.68 Å². The number of hydrogen-bond acceptors (Lipinski definition) is 4. The number of benzene rings is 2. The SMILES string of the molecule is O=C(Nc1cccc(N2CCOCC2)c1)c1ccccc1-n1cccn1. The fraction of sp³-hybridized carbons (Fsp3) is 0.200. The monoisotopic (exact) mass is 348 g/mol. The third kappa shape index (κ3) is 3.45. The van der Waals surface area contributed by atoms with Crippen molar-refractivity contribution in [1.29, 1.82) is 0 Å². The average Bonchev–Trinajstić information content (AvgIpc) is 3.23. The topological polar surface area (TPSA) is 59.4 Å². The van der Waals surface area contributed by atoms with Crippen LogP contribution in [0.1, 0.15) is 10.4 Å². The average molecular weight is 348 g/mol. The molecule has 2 aromatic carbocycles. The number of para-hydroxylation sites is 1. The number of carbonyl (C=O) groups excluding carboxylic acids is 1. The summed E-state index contributed by atoms with van der Waals surface area (Å²) in [5.41, 5.74) is 3.19. The first-order valence-corrected chi connectivity index (χ1v) is 8.64. The van der Waals surface area contributed by atoms with Crippen molar-refractivity contribution in [2.24, 2.45) is 0 Å². The van der Waals surface area contributed by atoms with E-state index in [1.165, 1.54) is 0 Å². The van der Waals surface area contributed by atoms with Crippen molar-refractivity contribution >= 4 is 17.3 Å². The Kier molecular flexibility index (Phi) is 4.66. The molecule has 1 N–H and O–H groups in total. The Morgan fingerprint density at radius 3 is 2.69 bits per heavy atom. The zero-order valence-corrected chi connectivity index (χ0v) is 14.3. The van der Waals surface area contributed by atoms with Crippen LogP contribution in [0.5, 0.6) is 0 Å². The van der Waals surface area contributed by atoms with Crippen LogP contribution >= 0.6 is 0 Å². The molecular formula is C20H20N4O2. The maximum Gasteiger partial charge on any atom is 0.257 e. The van der Waals surface area contributed by atoms with Crippen LogP contribution < -0.4 is 10.2 Å². The molecule has 4 rings (SSSR count). The van der Waals surface area contributed by atoms with Gasteiger partial charge in [-0.15, -0.1) is 0 Å². The molecule has 26 heavy (non-hydrogen) atoms. The van der Waals surface area contributed by atoms with E-state index in [9.17, 15) is 4.79 Å². The molecule has 0 unspecified atom stereocenters. The van der Waals surface area contributed by atoms with E-state index < -0.39 is 0 Å². The minimum atomic E-state index is -0.157. The van der Waals surface area contributed by atoms with Gasteiger partial charge in [-0.2, -0.15) is 5.10 Å². The highest BCUT2D eigenvalue weighted by molar-refractivity contribution is 6.06. The van der Waals surface area contributed by atoms with Crippen molar-refractivity contribution in [3.05, 3.63) is 72.6 Å². The Hall–Kier alpha value is -3.12. The van der Waals surface area contributed by atoms with Gasteiger partial charge in [-0.05, 0) is 36.4 Å². The molecule has 1 saturated heterocycles. The molecule has 0 aliphatic carbocycles. The smallest absolute Gasteiger partial charge is 0.257 e. The second kappa shape index (κ2) is 7.41. The quantitative estimate of drug-likeness (QED) is 0.787. The van der Waals surface area contributed by atoms with Crippen molar-refractivity contribution in [1.82, 2.24) is 9.78 Å². The minimum absolute atomic E-state index is 0.157. The van der Waals surface area contributed by atoms with Crippen molar-refractivity contribution < 1.29 is 9.53 Å². The van der Waals surface area contributed by atoms with E-state index in [1.54, 1.807) is 16.9 Å². The lowest BCUT2D eigenvalue weighted by Gasteiger charge is -2.29. The number of amides is 1. The number of nitrogens with zero attached hydrogens (tertiary/aromatic N) is 3. The van der Waals surface area contributed by atoms with Crippen molar-refractivity contribution in [3.63, 3.8) is 0 Å². The maximum absolute atomic E-state index is 12.8. The van der Waals surface area contributed by atoms with E-state index in [0.717, 1.165) is 43.4 Å². The fourth-order valence-electron chi connectivity index (χ4n) is 3.08. The van der Waals surface area contributed by atoms with E-state index in [1.807, 2.05) is 48.7 Å². The Labute approximate surface area is 152 Å². The lowest BCUT2D eigenvalue weighted by molar-refractivity contribution is 0.102. The number of hydrogen-bond donors (Lipinski definition) is 1. The molecule has 0 radical (unpaired) electrons. The predicted octanol–water partition coefficient (Wildman–Crippen LogP) is 2.96. The number of carbonyl (C=O) groups is 1. The summed E-state index contributed by atoms with van der Waals surface area (Å²) in [5, 5.41) is 7.23. The molecule has 0 spiro atoms. The first-order valence-electron chi connectivity index (χ1n) is 8.64. The first kappa shape index (κ1) is 16.4. The standard InChI is InChI=1S/C20H20N4O2/c25-20(18-7-1-2-8-19(18)24-10-4-9-21-24)22-16-5-3-6-17(15-16)23-11-13-26-14-12-23/h1-10,15H,11-14H2,(H,22,25). The van der Waals surface area contributed by atoms with E-state index in [2.05, 4.69) is 21.4 Å². The van der Waals surface area contributed by atoms with Crippen molar-refractivity contribution in [3.8, 4) is 5.69 Å². The van der Waals surface area contributed by atoms with Crippen molar-refractivity contribution in [2.75, 3.05) is 36.5 Å². The Bertz CT molecular complexity index is 886. The lowest BCUT2D eigenvalue weighted by atomic mass is 10.1. The molecule has 6 heteroatoms. The molecular weight excluding hydrogens is 328 g/mol. The highest BCUT2D eigenvalue weighted by Gasteiger charge is 2.15. The van der Waals surface area contributed by atoms with Crippen LogP contribution in [0.3, 0.4) is 0 Å². The normalized spacial score (nSPS) is 14.2. The number of nitrogens with one attached hydrogen (secondary N) is 1. The van der Waals surface area contributed by atoms with Gasteiger partial charge in [0, 0.05) is 36.9 Å². The molecule has 132 valence electrons. The Balaban J connectivity index is 1.56. The summed E-state index contributed by atoms with van der Waals surface area (Å²) in [4.78, 5) is 15.1. The second-order valence-corrected chi connectivity index (χ2v) is 6.07. The molecule has 1 fully saturated rings.